The van der Waals surface area contributed by atoms with Crippen molar-refractivity contribution >= 4 is 44.9 Å². The first-order valence-corrected chi connectivity index (χ1v) is 21.5. The highest BCUT2D eigenvalue weighted by Gasteiger charge is 2.62. The molecule has 1 aromatic heterocycles. The number of carbonyl (C=O) groups is 4. The van der Waals surface area contributed by atoms with Crippen LogP contribution in [0, 0.1) is 17.8 Å². The monoisotopic (exact) mass is 850 g/mol. The van der Waals surface area contributed by atoms with Gasteiger partial charge < -0.3 is 29.7 Å². The lowest BCUT2D eigenvalue weighted by molar-refractivity contribution is -0.244. The van der Waals surface area contributed by atoms with E-state index in [4.69, 9.17) is 24.2 Å². The molecule has 3 heterocycles. The second-order valence-electron chi connectivity index (χ2n) is 17.2. The van der Waals surface area contributed by atoms with Crippen LogP contribution in [0.25, 0.3) is 11.0 Å². The number of hydrogen-bond acceptors (Lipinski definition) is 11. The Hall–Kier alpha value is -4.68. The topological polar surface area (TPSA) is 195 Å². The van der Waals surface area contributed by atoms with Gasteiger partial charge in [0.05, 0.1) is 29.9 Å². The van der Waals surface area contributed by atoms with Crippen molar-refractivity contribution in [2.45, 2.75) is 133 Å². The number of methoxy groups -OCH3 is 1. The fourth-order valence-corrected chi connectivity index (χ4v) is 9.09. The summed E-state index contributed by atoms with van der Waals surface area (Å²) in [5, 5.41) is 4.47. The summed E-state index contributed by atoms with van der Waals surface area (Å²) < 4.78 is 85.9. The van der Waals surface area contributed by atoms with Crippen LogP contribution in [0.1, 0.15) is 98.1 Å². The smallest absolute Gasteiger partial charge is 0.427 e. The van der Waals surface area contributed by atoms with Gasteiger partial charge in [0.1, 0.15) is 35.2 Å². The van der Waals surface area contributed by atoms with E-state index in [0.29, 0.717) is 68.4 Å². The van der Waals surface area contributed by atoms with E-state index in [2.05, 4.69) is 15.4 Å². The average molecular weight is 851 g/mol. The molecule has 1 aromatic carbocycles. The molecule has 2 aliphatic carbocycles. The van der Waals surface area contributed by atoms with Crippen LogP contribution in [0.5, 0.6) is 11.6 Å². The molecule has 0 unspecified atom stereocenters. The summed E-state index contributed by atoms with van der Waals surface area (Å²) in [5.41, 5.74) is -2.99. The van der Waals surface area contributed by atoms with Crippen LogP contribution in [0.15, 0.2) is 30.4 Å². The molecule has 59 heavy (non-hydrogen) atoms. The molecular formula is C40H53F3N6O9S. The van der Waals surface area contributed by atoms with Crippen molar-refractivity contribution in [1.82, 2.24) is 30.2 Å². The minimum Gasteiger partial charge on any atom is -0.497 e. The van der Waals surface area contributed by atoms with Crippen molar-refractivity contribution in [1.29, 1.82) is 0 Å². The Morgan fingerprint density at radius 3 is 2.41 bits per heavy atom. The van der Waals surface area contributed by atoms with Gasteiger partial charge in [0.15, 0.2) is 0 Å². The minimum absolute atomic E-state index is 0.0415. The van der Waals surface area contributed by atoms with Crippen LogP contribution in [-0.2, 0) is 29.1 Å². The van der Waals surface area contributed by atoms with Crippen molar-refractivity contribution in [3.05, 3.63) is 36.0 Å². The van der Waals surface area contributed by atoms with E-state index in [1.165, 1.54) is 12.0 Å². The Morgan fingerprint density at radius 2 is 1.76 bits per heavy atom. The second-order valence-corrected chi connectivity index (χ2v) is 19.2. The van der Waals surface area contributed by atoms with Crippen LogP contribution in [-0.4, -0.2) is 102 Å². The highest BCUT2D eigenvalue weighted by atomic mass is 32.2. The second kappa shape index (κ2) is 16.4. The van der Waals surface area contributed by atoms with Crippen molar-refractivity contribution in [2.24, 2.45) is 17.8 Å². The number of benzene rings is 1. The lowest BCUT2D eigenvalue weighted by Crippen LogP contribution is -2.59. The molecular weight excluding hydrogens is 798 g/mol. The Kier molecular flexibility index (Phi) is 12.2. The van der Waals surface area contributed by atoms with E-state index in [-0.39, 0.29) is 37.1 Å². The molecule has 1 saturated heterocycles. The van der Waals surface area contributed by atoms with Crippen LogP contribution in [0.4, 0.5) is 18.0 Å². The molecule has 19 heteroatoms. The highest BCUT2D eigenvalue weighted by molar-refractivity contribution is 7.91. The zero-order valence-corrected chi connectivity index (χ0v) is 35.0. The van der Waals surface area contributed by atoms with Crippen molar-refractivity contribution in [3.63, 3.8) is 0 Å². The van der Waals surface area contributed by atoms with Crippen molar-refractivity contribution < 1.29 is 55.0 Å². The molecule has 4 amide bonds. The van der Waals surface area contributed by atoms with Crippen LogP contribution >= 0.6 is 0 Å². The number of alkyl halides is 3. The van der Waals surface area contributed by atoms with E-state index in [1.807, 2.05) is 26.8 Å². The molecule has 3 N–H and O–H groups in total. The molecule has 0 radical (unpaired) electrons. The van der Waals surface area contributed by atoms with Gasteiger partial charge >= 0.3 is 12.3 Å². The zero-order valence-electron chi connectivity index (χ0n) is 34.2. The molecule has 4 aliphatic rings. The summed E-state index contributed by atoms with van der Waals surface area (Å²) in [4.78, 5) is 67.0. The number of allylic oxidation sites excluding steroid dienone is 1. The van der Waals surface area contributed by atoms with Crippen LogP contribution in [0.2, 0.25) is 0 Å². The normalized spacial score (nSPS) is 28.7. The molecule has 0 bridgehead atoms. The van der Waals surface area contributed by atoms with Crippen LogP contribution < -0.4 is 24.8 Å². The lowest BCUT2D eigenvalue weighted by atomic mass is 9.88. The fourth-order valence-electron chi connectivity index (χ4n) is 7.72. The standard InChI is InChI=1S/C40H53F3N6O9S/c1-21(2)31-34(45-29-17-25(56-7)12-15-28(29)44-31)57-26-18-30-33(50)47-39(36(52)48-59(54,55)27-13-14-27)19-24(39)11-9-8-10-22(3)16-23(4)32(35(51)49(30)20-26)46-37(53)58-38(5,6)40(41,42)43/h9,11-12,15,17,21-24,26-27,30,32H,8,10,13-14,16,18-20H2,1-7H3,(H,46,53)(H,47,50)(H,48,52)/b11-9-/t22-,23+,24+,26+,30-,32-,39+/m0/s1. The number of nitrogens with zero attached hydrogens (tertiary/aromatic N) is 3. The molecule has 2 aromatic rings. The van der Waals surface area contributed by atoms with Gasteiger partial charge in [-0.25, -0.2) is 23.2 Å². The van der Waals surface area contributed by atoms with Gasteiger partial charge in [-0.2, -0.15) is 13.2 Å². The number of amides is 4. The highest BCUT2D eigenvalue weighted by Crippen LogP contribution is 2.46. The molecule has 324 valence electrons. The van der Waals surface area contributed by atoms with Gasteiger partial charge in [-0.15, -0.1) is 0 Å². The van der Waals surface area contributed by atoms with E-state index < -0.39 is 86.4 Å². The summed E-state index contributed by atoms with van der Waals surface area (Å²) in [6.45, 7) is 8.57. The Bertz CT molecular complexity index is 2110. The summed E-state index contributed by atoms with van der Waals surface area (Å²) >= 11 is 0. The fraction of sp³-hybridized carbons (Fsp3) is 0.650. The number of fused-ring (bicyclic) bond motifs is 3. The van der Waals surface area contributed by atoms with Gasteiger partial charge in [0.2, 0.25) is 33.3 Å². The van der Waals surface area contributed by atoms with E-state index >= 15 is 0 Å². The third-order valence-corrected chi connectivity index (χ3v) is 13.4. The van der Waals surface area contributed by atoms with Gasteiger partial charge in [0.25, 0.3) is 5.91 Å². The molecule has 0 spiro atoms. The first-order chi connectivity index (χ1) is 27.5. The predicted octanol–water partition coefficient (Wildman–Crippen LogP) is 5.04. The molecule has 6 rings (SSSR count). The molecule has 7 atom stereocenters. The number of halogens is 3. The quantitative estimate of drug-likeness (QED) is 0.286. The summed E-state index contributed by atoms with van der Waals surface area (Å²) in [5.74, 6) is -3.19. The van der Waals surface area contributed by atoms with Gasteiger partial charge in [-0.05, 0) is 76.3 Å². The Morgan fingerprint density at radius 1 is 1.05 bits per heavy atom. The Labute approximate surface area is 341 Å². The minimum atomic E-state index is -4.92. The predicted molar refractivity (Wildman–Crippen MR) is 209 cm³/mol. The molecule has 2 saturated carbocycles. The van der Waals surface area contributed by atoms with E-state index in [1.54, 1.807) is 31.2 Å². The van der Waals surface area contributed by atoms with E-state index in [0.717, 1.165) is 0 Å². The lowest BCUT2D eigenvalue weighted by Gasteiger charge is -2.34. The molecule has 15 nitrogen and oxygen atoms in total. The number of aromatic nitrogens is 2. The van der Waals surface area contributed by atoms with E-state index in [9.17, 15) is 40.8 Å². The number of hydrogen-bond donors (Lipinski definition) is 3. The maximum atomic E-state index is 14.8. The summed E-state index contributed by atoms with van der Waals surface area (Å²) in [6, 6.07) is 2.40. The number of nitrogens with one attached hydrogen (secondary N) is 3. The third-order valence-electron chi connectivity index (χ3n) is 11.6. The number of carbonyl (C=O) groups excluding carboxylic acids is 4. The van der Waals surface area contributed by atoms with Gasteiger partial charge in [0, 0.05) is 24.3 Å². The number of alkyl carbamates (subject to hydrolysis) is 1. The van der Waals surface area contributed by atoms with Gasteiger partial charge in [-0.1, -0.05) is 39.8 Å². The zero-order chi connectivity index (χ0) is 43.2. The van der Waals surface area contributed by atoms with Crippen molar-refractivity contribution in [3.8, 4) is 11.6 Å². The number of rotatable bonds is 9. The number of ether oxygens (including phenoxy) is 3. The van der Waals surface area contributed by atoms with Crippen molar-refractivity contribution in [2.75, 3.05) is 13.7 Å². The third kappa shape index (κ3) is 9.54. The SMILES string of the molecule is COc1ccc2nc(C(C)C)c(O[C@@H]3C[C@H]4C(=O)N[C@]5(C(=O)NS(=O)(=O)C6CC6)C[C@H]5/C=C\CC[C@H](C)C[C@@H](C)[C@H](NC(=O)OC(C)(C)C(F)(F)F)C(=O)N4C3)nc2c1. The first kappa shape index (κ1) is 43.9. The summed E-state index contributed by atoms with van der Waals surface area (Å²) in [6.07, 6.45) is -1.34. The first-order valence-electron chi connectivity index (χ1n) is 20.0. The maximum absolute atomic E-state index is 14.8. The summed E-state index contributed by atoms with van der Waals surface area (Å²) in [7, 11) is -2.48. The molecule has 2 aliphatic heterocycles. The Balaban J connectivity index is 1.37. The molecule has 3 fully saturated rings. The largest absolute Gasteiger partial charge is 0.497 e. The average Bonchev–Trinajstić information content (AvgIpc) is 4.07. The van der Waals surface area contributed by atoms with Crippen LogP contribution in [0.3, 0.4) is 0 Å². The van der Waals surface area contributed by atoms with Gasteiger partial charge in [-0.3, -0.25) is 19.1 Å². The number of sulfonamides is 1. The maximum Gasteiger partial charge on any atom is 0.427 e.